The van der Waals surface area contributed by atoms with E-state index in [9.17, 15) is 15.0 Å². The summed E-state index contributed by atoms with van der Waals surface area (Å²) < 4.78 is 6.34. The van der Waals surface area contributed by atoms with Gasteiger partial charge in [-0.25, -0.2) is 0 Å². The third-order valence-corrected chi connectivity index (χ3v) is 7.83. The van der Waals surface area contributed by atoms with E-state index < -0.39 is 0 Å². The number of rotatable bonds is 8. The van der Waals surface area contributed by atoms with Crippen molar-refractivity contribution < 1.29 is 24.2 Å². The minimum absolute atomic E-state index is 0.00978. The van der Waals surface area contributed by atoms with Gasteiger partial charge in [-0.05, 0) is 71.1 Å². The minimum atomic E-state index is -0.0259. The first-order valence-corrected chi connectivity index (χ1v) is 12.7. The zero-order chi connectivity index (χ0) is 26.3. The van der Waals surface area contributed by atoms with Gasteiger partial charge >= 0.3 is 0 Å². The van der Waals surface area contributed by atoms with Crippen LogP contribution in [0.2, 0.25) is 0 Å². The molecular weight excluding hydrogens is 462 g/mol. The molecule has 37 heavy (non-hydrogen) atoms. The Morgan fingerprint density at radius 1 is 0.838 bits per heavy atom. The molecule has 190 valence electrons. The lowest BCUT2D eigenvalue weighted by molar-refractivity contribution is -0.923. The SMILES string of the molecule is COc1ccc2c3c(cc(C[N+](C)(CCO)CCO)c(-c4ccc5c(C)ccc(C)c5c4)c13)C(=O)C=C2. The summed E-state index contributed by atoms with van der Waals surface area (Å²) >= 11 is 0. The molecule has 0 radical (unpaired) electrons. The number of methoxy groups -OCH3 is 1. The van der Waals surface area contributed by atoms with Crippen molar-refractivity contribution in [3.05, 3.63) is 82.4 Å². The fourth-order valence-electron chi connectivity index (χ4n) is 5.79. The van der Waals surface area contributed by atoms with Gasteiger partial charge in [0.1, 0.15) is 25.4 Å². The van der Waals surface area contributed by atoms with Gasteiger partial charge in [0.15, 0.2) is 5.78 Å². The standard InChI is InChI=1S/C32H34NO4/c1-20-5-6-21(2)26-17-23(7-10-25(20)26)30-24(19-33(3,13-15-34)14-16-35)18-27-28(36)11-8-22-9-12-29(37-4)32(30)31(22)27/h5-12,17-18,34-35H,13-16,19H2,1-4H3/q+1. The quantitative estimate of drug-likeness (QED) is 0.320. The number of benzene rings is 4. The highest BCUT2D eigenvalue weighted by atomic mass is 16.5. The first-order valence-electron chi connectivity index (χ1n) is 12.7. The number of aliphatic hydroxyl groups is 2. The third-order valence-electron chi connectivity index (χ3n) is 7.83. The molecule has 0 saturated heterocycles. The van der Waals surface area contributed by atoms with E-state index in [4.69, 9.17) is 4.74 Å². The average molecular weight is 497 g/mol. The van der Waals surface area contributed by atoms with Crippen LogP contribution in [0.25, 0.3) is 38.7 Å². The molecule has 2 N–H and O–H groups in total. The lowest BCUT2D eigenvalue weighted by Gasteiger charge is -2.35. The molecule has 1 aliphatic carbocycles. The van der Waals surface area contributed by atoms with E-state index in [1.165, 1.54) is 21.9 Å². The van der Waals surface area contributed by atoms with Crippen molar-refractivity contribution in [3.8, 4) is 16.9 Å². The number of aryl methyl sites for hydroxylation is 2. The molecule has 4 aromatic carbocycles. The van der Waals surface area contributed by atoms with Gasteiger partial charge in [0.05, 0.1) is 27.4 Å². The van der Waals surface area contributed by atoms with E-state index in [1.807, 2.05) is 31.3 Å². The van der Waals surface area contributed by atoms with Crippen molar-refractivity contribution in [2.75, 3.05) is 40.5 Å². The number of allylic oxidation sites excluding steroid dienone is 1. The molecule has 0 heterocycles. The van der Waals surface area contributed by atoms with Crippen molar-refractivity contribution in [1.29, 1.82) is 0 Å². The second-order valence-electron chi connectivity index (χ2n) is 10.4. The molecule has 5 nitrogen and oxygen atoms in total. The molecule has 1 aliphatic rings. The molecule has 4 aromatic rings. The van der Waals surface area contributed by atoms with Crippen LogP contribution in [0.4, 0.5) is 0 Å². The van der Waals surface area contributed by atoms with E-state index in [1.54, 1.807) is 13.2 Å². The number of quaternary nitrogens is 1. The first kappa shape index (κ1) is 25.2. The number of fused-ring (bicyclic) bond motifs is 1. The summed E-state index contributed by atoms with van der Waals surface area (Å²) in [5.74, 6) is 0.696. The molecule has 0 saturated carbocycles. The maximum Gasteiger partial charge on any atom is 0.186 e. The molecule has 0 spiro atoms. The Morgan fingerprint density at radius 2 is 1.54 bits per heavy atom. The lowest BCUT2D eigenvalue weighted by Crippen LogP contribution is -2.47. The number of nitrogens with zero attached hydrogens (tertiary/aromatic N) is 1. The Labute approximate surface area is 217 Å². The molecule has 0 aromatic heterocycles. The van der Waals surface area contributed by atoms with Crippen molar-refractivity contribution in [3.63, 3.8) is 0 Å². The number of ketones is 1. The van der Waals surface area contributed by atoms with Gasteiger partial charge < -0.3 is 19.4 Å². The van der Waals surface area contributed by atoms with E-state index in [0.717, 1.165) is 38.8 Å². The van der Waals surface area contributed by atoms with Gasteiger partial charge in [-0.1, -0.05) is 36.4 Å². The Bertz CT molecular complexity index is 1560. The largest absolute Gasteiger partial charge is 0.496 e. The second kappa shape index (κ2) is 9.75. The number of ether oxygens (including phenoxy) is 1. The Kier molecular flexibility index (Phi) is 6.63. The highest BCUT2D eigenvalue weighted by Crippen LogP contribution is 2.44. The fourth-order valence-corrected chi connectivity index (χ4v) is 5.79. The number of likely N-dealkylation sites (N-methyl/N-ethyl adjacent to an activating group) is 1. The molecule has 0 unspecified atom stereocenters. The minimum Gasteiger partial charge on any atom is -0.496 e. The van der Waals surface area contributed by atoms with Gasteiger partial charge in [-0.15, -0.1) is 0 Å². The van der Waals surface area contributed by atoms with Gasteiger partial charge in [0, 0.05) is 27.5 Å². The predicted octanol–water partition coefficient (Wildman–Crippen LogP) is 5.43. The summed E-state index contributed by atoms with van der Waals surface area (Å²) in [4.78, 5) is 13.1. The molecular formula is C32H34NO4+. The molecule has 5 rings (SSSR count). The highest BCUT2D eigenvalue weighted by Gasteiger charge is 2.29. The fraction of sp³-hybridized carbons (Fsp3) is 0.281. The Morgan fingerprint density at radius 3 is 2.22 bits per heavy atom. The zero-order valence-corrected chi connectivity index (χ0v) is 22.0. The van der Waals surface area contributed by atoms with Crippen LogP contribution in [0.5, 0.6) is 5.75 Å². The van der Waals surface area contributed by atoms with Crippen molar-refractivity contribution >= 4 is 33.4 Å². The van der Waals surface area contributed by atoms with Crippen LogP contribution < -0.4 is 4.74 Å². The number of hydrogen-bond acceptors (Lipinski definition) is 4. The molecule has 0 amide bonds. The van der Waals surface area contributed by atoms with Crippen LogP contribution in [0.1, 0.15) is 32.6 Å². The normalized spacial score (nSPS) is 13.1. The number of carbonyl (C=O) groups excluding carboxylic acids is 1. The zero-order valence-electron chi connectivity index (χ0n) is 22.0. The molecule has 0 aliphatic heterocycles. The molecule has 5 heteroatoms. The molecule has 0 atom stereocenters. The van der Waals surface area contributed by atoms with Crippen LogP contribution in [-0.2, 0) is 6.54 Å². The highest BCUT2D eigenvalue weighted by molar-refractivity contribution is 6.23. The predicted molar refractivity (Wildman–Crippen MR) is 150 cm³/mol. The van der Waals surface area contributed by atoms with E-state index in [2.05, 4.69) is 44.2 Å². The third kappa shape index (κ3) is 4.33. The van der Waals surface area contributed by atoms with E-state index >= 15 is 0 Å². The van der Waals surface area contributed by atoms with E-state index in [0.29, 0.717) is 29.7 Å². The lowest BCUT2D eigenvalue weighted by atomic mass is 9.83. The van der Waals surface area contributed by atoms with Gasteiger partial charge in [0.2, 0.25) is 0 Å². The van der Waals surface area contributed by atoms with Crippen molar-refractivity contribution in [1.82, 2.24) is 0 Å². The Balaban J connectivity index is 1.89. The van der Waals surface area contributed by atoms with Crippen LogP contribution in [0.15, 0.2) is 54.6 Å². The van der Waals surface area contributed by atoms with E-state index in [-0.39, 0.29) is 19.0 Å². The molecule has 0 bridgehead atoms. The second-order valence-corrected chi connectivity index (χ2v) is 10.4. The number of hydrogen-bond donors (Lipinski definition) is 2. The van der Waals surface area contributed by atoms with Gasteiger partial charge in [-0.3, -0.25) is 4.79 Å². The number of aliphatic hydroxyl groups excluding tert-OH is 2. The summed E-state index contributed by atoms with van der Waals surface area (Å²) in [7, 11) is 3.70. The summed E-state index contributed by atoms with van der Waals surface area (Å²) in [6, 6.07) is 16.9. The summed E-state index contributed by atoms with van der Waals surface area (Å²) in [5.41, 5.74) is 7.18. The van der Waals surface area contributed by atoms with Crippen molar-refractivity contribution in [2.45, 2.75) is 20.4 Å². The Hall–Kier alpha value is -3.51. The summed E-state index contributed by atoms with van der Waals surface area (Å²) in [5, 5.41) is 23.9. The summed E-state index contributed by atoms with van der Waals surface area (Å²) in [6.45, 7) is 5.82. The van der Waals surface area contributed by atoms with Crippen LogP contribution >= 0.6 is 0 Å². The van der Waals surface area contributed by atoms with Gasteiger partial charge in [0.25, 0.3) is 0 Å². The first-order chi connectivity index (χ1) is 17.8. The van der Waals surface area contributed by atoms with Crippen molar-refractivity contribution in [2.24, 2.45) is 0 Å². The van der Waals surface area contributed by atoms with Crippen LogP contribution in [-0.4, -0.2) is 60.9 Å². The molecule has 0 fully saturated rings. The topological polar surface area (TPSA) is 66.8 Å². The maximum atomic E-state index is 13.1. The van der Waals surface area contributed by atoms with Crippen LogP contribution in [0.3, 0.4) is 0 Å². The van der Waals surface area contributed by atoms with Gasteiger partial charge in [-0.2, -0.15) is 0 Å². The average Bonchev–Trinajstić information content (AvgIpc) is 2.88. The van der Waals surface area contributed by atoms with Crippen LogP contribution in [0, 0.1) is 13.8 Å². The smallest absolute Gasteiger partial charge is 0.186 e. The summed E-state index contributed by atoms with van der Waals surface area (Å²) in [6.07, 6.45) is 3.51. The number of carbonyl (C=O) groups is 1. The monoisotopic (exact) mass is 496 g/mol. The maximum absolute atomic E-state index is 13.1.